The molecule has 0 spiro atoms. The first-order chi connectivity index (χ1) is 5.20. The molecule has 5 heteroatoms. The van der Waals surface area contributed by atoms with Gasteiger partial charge in [-0.3, -0.25) is 0 Å². The van der Waals surface area contributed by atoms with Crippen LogP contribution in [0.4, 0.5) is 4.79 Å². The van der Waals surface area contributed by atoms with Crippen molar-refractivity contribution in [1.29, 1.82) is 0 Å². The summed E-state index contributed by atoms with van der Waals surface area (Å²) in [7, 11) is 2.91. The molecule has 0 aliphatic heterocycles. The Labute approximate surface area is 65.3 Å². The summed E-state index contributed by atoms with van der Waals surface area (Å²) in [5.74, 6) is 0. The van der Waals surface area contributed by atoms with E-state index in [-0.39, 0.29) is 13.2 Å². The lowest BCUT2D eigenvalue weighted by Crippen LogP contribution is -2.27. The average Bonchev–Trinajstić information content (AvgIpc) is 2.01. The van der Waals surface area contributed by atoms with Gasteiger partial charge in [-0.1, -0.05) is 0 Å². The Morgan fingerprint density at radius 2 is 2.27 bits per heavy atom. The Bertz CT molecular complexity index is 117. The van der Waals surface area contributed by atoms with E-state index in [1.165, 1.54) is 14.2 Å². The molecule has 1 amide bonds. The Hall–Kier alpha value is -0.810. The third-order valence-corrected chi connectivity index (χ3v) is 0.970. The van der Waals surface area contributed by atoms with Crippen LogP contribution in [0.2, 0.25) is 0 Å². The fraction of sp³-hybridized carbons (Fsp3) is 0.833. The number of methoxy groups -OCH3 is 1. The monoisotopic (exact) mass is 163 g/mol. The van der Waals surface area contributed by atoms with Gasteiger partial charge >= 0.3 is 6.09 Å². The van der Waals surface area contributed by atoms with Crippen molar-refractivity contribution in [2.24, 2.45) is 0 Å². The van der Waals surface area contributed by atoms with Gasteiger partial charge in [0.25, 0.3) is 0 Å². The maximum atomic E-state index is 10.4. The van der Waals surface area contributed by atoms with Crippen molar-refractivity contribution < 1.29 is 19.4 Å². The number of alkyl carbamates (subject to hydrolysis) is 1. The lowest BCUT2D eigenvalue weighted by atomic mass is 10.4. The lowest BCUT2D eigenvalue weighted by Gasteiger charge is -2.08. The summed E-state index contributed by atoms with van der Waals surface area (Å²) in [6, 6.07) is 0. The standard InChI is InChI=1S/C6H13NO4/c1-7-6(9)11-4-5(8)3-10-2/h5,8H,3-4H2,1-2H3,(H,7,9). The van der Waals surface area contributed by atoms with Gasteiger partial charge in [0.2, 0.25) is 0 Å². The summed E-state index contributed by atoms with van der Waals surface area (Å²) in [6.45, 7) is 0.116. The van der Waals surface area contributed by atoms with Crippen molar-refractivity contribution in [3.63, 3.8) is 0 Å². The molecule has 1 atom stereocenters. The zero-order chi connectivity index (χ0) is 8.69. The molecule has 0 saturated carbocycles. The van der Waals surface area contributed by atoms with Gasteiger partial charge in [-0.25, -0.2) is 4.79 Å². The van der Waals surface area contributed by atoms with Crippen molar-refractivity contribution in [1.82, 2.24) is 5.32 Å². The fourth-order valence-corrected chi connectivity index (χ4v) is 0.485. The van der Waals surface area contributed by atoms with Crippen LogP contribution in [-0.4, -0.2) is 44.7 Å². The van der Waals surface area contributed by atoms with Gasteiger partial charge in [-0.2, -0.15) is 0 Å². The van der Waals surface area contributed by atoms with Crippen molar-refractivity contribution in [3.05, 3.63) is 0 Å². The molecule has 0 fully saturated rings. The number of rotatable bonds is 4. The fourth-order valence-electron chi connectivity index (χ4n) is 0.485. The van der Waals surface area contributed by atoms with Crippen LogP contribution in [-0.2, 0) is 9.47 Å². The van der Waals surface area contributed by atoms with Crippen LogP contribution in [0.15, 0.2) is 0 Å². The molecule has 0 aliphatic carbocycles. The first kappa shape index (κ1) is 10.2. The predicted molar refractivity (Wildman–Crippen MR) is 38.3 cm³/mol. The summed E-state index contributed by atoms with van der Waals surface area (Å²) in [6.07, 6.45) is -1.31. The highest BCUT2D eigenvalue weighted by Gasteiger charge is 2.05. The van der Waals surface area contributed by atoms with Crippen LogP contribution in [0, 0.1) is 0 Å². The molecular weight excluding hydrogens is 150 g/mol. The zero-order valence-corrected chi connectivity index (χ0v) is 6.66. The van der Waals surface area contributed by atoms with Gasteiger partial charge < -0.3 is 19.9 Å². The second-order valence-corrected chi connectivity index (χ2v) is 1.96. The van der Waals surface area contributed by atoms with Crippen molar-refractivity contribution in [3.8, 4) is 0 Å². The van der Waals surface area contributed by atoms with E-state index in [0.29, 0.717) is 0 Å². The molecule has 0 rings (SSSR count). The minimum atomic E-state index is -0.753. The molecule has 0 heterocycles. The van der Waals surface area contributed by atoms with E-state index in [1.807, 2.05) is 0 Å². The quantitative estimate of drug-likeness (QED) is 0.578. The Morgan fingerprint density at radius 1 is 1.64 bits per heavy atom. The van der Waals surface area contributed by atoms with Crippen molar-refractivity contribution >= 4 is 6.09 Å². The summed E-state index contributed by atoms with van der Waals surface area (Å²) in [4.78, 5) is 10.4. The molecule has 11 heavy (non-hydrogen) atoms. The Kier molecular flexibility index (Phi) is 5.50. The van der Waals surface area contributed by atoms with Crippen LogP contribution < -0.4 is 5.32 Å². The van der Waals surface area contributed by atoms with E-state index >= 15 is 0 Å². The summed E-state index contributed by atoms with van der Waals surface area (Å²) in [5.41, 5.74) is 0. The van der Waals surface area contributed by atoms with Gasteiger partial charge in [0.05, 0.1) is 6.61 Å². The normalized spacial score (nSPS) is 12.3. The van der Waals surface area contributed by atoms with E-state index in [9.17, 15) is 4.79 Å². The van der Waals surface area contributed by atoms with E-state index < -0.39 is 12.2 Å². The van der Waals surface area contributed by atoms with E-state index in [2.05, 4.69) is 14.8 Å². The van der Waals surface area contributed by atoms with E-state index in [1.54, 1.807) is 0 Å². The highest BCUT2D eigenvalue weighted by atomic mass is 16.6. The zero-order valence-electron chi connectivity index (χ0n) is 6.66. The van der Waals surface area contributed by atoms with Crippen molar-refractivity contribution in [2.75, 3.05) is 27.4 Å². The summed E-state index contributed by atoms with van der Waals surface area (Å²) < 4.78 is 9.13. The third kappa shape index (κ3) is 5.63. The number of ether oxygens (including phenoxy) is 2. The summed E-state index contributed by atoms with van der Waals surface area (Å²) >= 11 is 0. The molecule has 0 radical (unpaired) electrons. The second kappa shape index (κ2) is 5.94. The molecule has 0 aromatic rings. The highest BCUT2D eigenvalue weighted by molar-refractivity contribution is 5.66. The maximum Gasteiger partial charge on any atom is 0.406 e. The smallest absolute Gasteiger partial charge is 0.406 e. The molecule has 0 aromatic heterocycles. The minimum absolute atomic E-state index is 0.0481. The Morgan fingerprint density at radius 3 is 2.73 bits per heavy atom. The molecule has 2 N–H and O–H groups in total. The first-order valence-corrected chi connectivity index (χ1v) is 3.22. The molecule has 0 bridgehead atoms. The topological polar surface area (TPSA) is 67.8 Å². The molecular formula is C6H13NO4. The number of amides is 1. The number of carbonyl (C=O) groups excluding carboxylic acids is 1. The van der Waals surface area contributed by atoms with Crippen LogP contribution in [0.5, 0.6) is 0 Å². The predicted octanol–water partition coefficient (Wildman–Crippen LogP) is -0.650. The molecule has 0 saturated heterocycles. The number of carbonyl (C=O) groups is 1. The largest absolute Gasteiger partial charge is 0.447 e. The molecule has 1 unspecified atom stereocenters. The number of hydrogen-bond donors (Lipinski definition) is 2. The Balaban J connectivity index is 3.29. The van der Waals surface area contributed by atoms with Crippen LogP contribution >= 0.6 is 0 Å². The SMILES string of the molecule is CNC(=O)OCC(O)COC. The molecule has 0 aliphatic rings. The van der Waals surface area contributed by atoms with Gasteiger partial charge in [0, 0.05) is 14.2 Å². The van der Waals surface area contributed by atoms with Crippen LogP contribution in [0.25, 0.3) is 0 Å². The van der Waals surface area contributed by atoms with Crippen LogP contribution in [0.1, 0.15) is 0 Å². The van der Waals surface area contributed by atoms with Gasteiger partial charge in [-0.15, -0.1) is 0 Å². The van der Waals surface area contributed by atoms with Gasteiger partial charge in [0.1, 0.15) is 12.7 Å². The lowest BCUT2D eigenvalue weighted by molar-refractivity contribution is 0.0168. The maximum absolute atomic E-state index is 10.4. The van der Waals surface area contributed by atoms with E-state index in [0.717, 1.165) is 0 Å². The van der Waals surface area contributed by atoms with Gasteiger partial charge in [0.15, 0.2) is 0 Å². The first-order valence-electron chi connectivity index (χ1n) is 3.22. The van der Waals surface area contributed by atoms with E-state index in [4.69, 9.17) is 5.11 Å². The number of hydrogen-bond acceptors (Lipinski definition) is 4. The molecule has 0 aromatic carbocycles. The number of nitrogens with one attached hydrogen (secondary N) is 1. The summed E-state index contributed by atoms with van der Waals surface area (Å²) in [5, 5.41) is 11.2. The number of aliphatic hydroxyl groups is 1. The molecule has 5 nitrogen and oxygen atoms in total. The average molecular weight is 163 g/mol. The minimum Gasteiger partial charge on any atom is -0.447 e. The highest BCUT2D eigenvalue weighted by Crippen LogP contribution is 1.86. The van der Waals surface area contributed by atoms with Crippen molar-refractivity contribution in [2.45, 2.75) is 6.10 Å². The second-order valence-electron chi connectivity index (χ2n) is 1.96. The number of aliphatic hydroxyl groups excluding tert-OH is 1. The van der Waals surface area contributed by atoms with Gasteiger partial charge in [-0.05, 0) is 0 Å². The third-order valence-electron chi connectivity index (χ3n) is 0.970. The molecule has 66 valence electrons. The van der Waals surface area contributed by atoms with Crippen LogP contribution in [0.3, 0.4) is 0 Å².